The molecule has 1 heterocycles. The first kappa shape index (κ1) is 12.3. The number of ether oxygens (including phenoxy) is 1. The Morgan fingerprint density at radius 3 is 2.55 bits per heavy atom. The van der Waals surface area contributed by atoms with E-state index in [1.165, 1.54) is 24.3 Å². The zero-order valence-corrected chi connectivity index (χ0v) is 10.4. The van der Waals surface area contributed by atoms with Gasteiger partial charge in [0.1, 0.15) is 11.3 Å². The van der Waals surface area contributed by atoms with E-state index >= 15 is 0 Å². The second-order valence-electron chi connectivity index (χ2n) is 4.23. The van der Waals surface area contributed by atoms with E-state index in [1.54, 1.807) is 18.3 Å². The Hall–Kier alpha value is -2.75. The molecule has 98 valence electrons. The highest BCUT2D eigenvalue weighted by Gasteiger charge is 2.11. The number of esters is 1. The predicted octanol–water partition coefficient (Wildman–Crippen LogP) is 3.59. The Labute approximate surface area is 114 Å². The van der Waals surface area contributed by atoms with Gasteiger partial charge in [-0.1, -0.05) is 18.2 Å². The van der Waals surface area contributed by atoms with Crippen molar-refractivity contribution in [3.05, 3.63) is 72.2 Å². The Balaban J connectivity index is 1.93. The summed E-state index contributed by atoms with van der Waals surface area (Å²) in [4.78, 5) is 16.2. The first-order chi connectivity index (χ1) is 9.74. The van der Waals surface area contributed by atoms with Crippen LogP contribution in [0.2, 0.25) is 0 Å². The van der Waals surface area contributed by atoms with E-state index in [2.05, 4.69) is 4.98 Å². The highest BCUT2D eigenvalue weighted by atomic mass is 19.1. The molecule has 0 unspecified atom stereocenters. The molecule has 0 aliphatic carbocycles. The monoisotopic (exact) mass is 267 g/mol. The third kappa shape index (κ3) is 2.36. The van der Waals surface area contributed by atoms with E-state index in [0.29, 0.717) is 16.8 Å². The lowest BCUT2D eigenvalue weighted by molar-refractivity contribution is 0.0736. The van der Waals surface area contributed by atoms with Crippen molar-refractivity contribution in [1.29, 1.82) is 0 Å². The molecule has 0 bridgehead atoms. The van der Waals surface area contributed by atoms with Crippen LogP contribution in [0.25, 0.3) is 10.9 Å². The number of halogens is 1. The van der Waals surface area contributed by atoms with E-state index in [4.69, 9.17) is 4.74 Å². The highest BCUT2D eigenvalue weighted by molar-refractivity contribution is 5.94. The molecule has 3 nitrogen and oxygen atoms in total. The van der Waals surface area contributed by atoms with Gasteiger partial charge in [-0.2, -0.15) is 0 Å². The summed E-state index contributed by atoms with van der Waals surface area (Å²) in [5.41, 5.74) is 0.907. The Morgan fingerprint density at radius 2 is 1.75 bits per heavy atom. The second-order valence-corrected chi connectivity index (χ2v) is 4.23. The summed E-state index contributed by atoms with van der Waals surface area (Å²) < 4.78 is 18.2. The lowest BCUT2D eigenvalue weighted by Gasteiger charge is -2.06. The minimum absolute atomic E-state index is 0.291. The Morgan fingerprint density at radius 1 is 1.00 bits per heavy atom. The van der Waals surface area contributed by atoms with Crippen molar-refractivity contribution < 1.29 is 13.9 Å². The number of para-hydroxylation sites is 1. The van der Waals surface area contributed by atoms with E-state index < -0.39 is 11.8 Å². The van der Waals surface area contributed by atoms with E-state index in [-0.39, 0.29) is 0 Å². The summed E-state index contributed by atoms with van der Waals surface area (Å²) in [5, 5.41) is 0.886. The Bertz CT molecular complexity index is 764. The fourth-order valence-corrected chi connectivity index (χ4v) is 1.90. The molecule has 0 saturated heterocycles. The van der Waals surface area contributed by atoms with Crippen LogP contribution in [0.5, 0.6) is 5.75 Å². The molecular weight excluding hydrogens is 257 g/mol. The van der Waals surface area contributed by atoms with Crippen LogP contribution >= 0.6 is 0 Å². The lowest BCUT2D eigenvalue weighted by atomic mass is 10.2. The minimum Gasteiger partial charge on any atom is -0.421 e. The molecule has 0 atom stereocenters. The molecule has 0 spiro atoms. The van der Waals surface area contributed by atoms with Crippen molar-refractivity contribution in [2.24, 2.45) is 0 Å². The van der Waals surface area contributed by atoms with Crippen molar-refractivity contribution in [2.75, 3.05) is 0 Å². The fraction of sp³-hybridized carbons (Fsp3) is 0. The number of aromatic nitrogens is 1. The van der Waals surface area contributed by atoms with Crippen LogP contribution in [0.15, 0.2) is 60.8 Å². The van der Waals surface area contributed by atoms with Gasteiger partial charge in [0.2, 0.25) is 0 Å². The van der Waals surface area contributed by atoms with Gasteiger partial charge < -0.3 is 4.74 Å². The summed E-state index contributed by atoms with van der Waals surface area (Å²) in [5.74, 6) is -0.547. The van der Waals surface area contributed by atoms with Crippen LogP contribution in [-0.4, -0.2) is 11.0 Å². The second kappa shape index (κ2) is 5.09. The average molecular weight is 267 g/mol. The zero-order valence-electron chi connectivity index (χ0n) is 10.4. The van der Waals surface area contributed by atoms with E-state index in [9.17, 15) is 9.18 Å². The minimum atomic E-state index is -0.539. The molecule has 0 saturated carbocycles. The molecule has 0 aliphatic rings. The number of carbonyl (C=O) groups is 1. The Kier molecular flexibility index (Phi) is 3.13. The van der Waals surface area contributed by atoms with Gasteiger partial charge in [0.05, 0.1) is 5.56 Å². The number of rotatable bonds is 2. The standard InChI is InChI=1S/C16H10FNO2/c17-13-8-6-12(7-9-13)16(19)20-14-5-1-3-11-4-2-10-18-15(11)14/h1-10H. The number of nitrogens with zero attached hydrogens (tertiary/aromatic N) is 1. The molecule has 0 radical (unpaired) electrons. The lowest BCUT2D eigenvalue weighted by Crippen LogP contribution is -2.08. The SMILES string of the molecule is O=C(Oc1cccc2cccnc12)c1ccc(F)cc1. The number of pyridine rings is 1. The highest BCUT2D eigenvalue weighted by Crippen LogP contribution is 2.23. The van der Waals surface area contributed by atoms with Gasteiger partial charge in [-0.3, -0.25) is 4.98 Å². The summed E-state index contributed by atoms with van der Waals surface area (Å²) in [6, 6.07) is 14.3. The summed E-state index contributed by atoms with van der Waals surface area (Å²) >= 11 is 0. The van der Waals surface area contributed by atoms with Crippen molar-refractivity contribution >= 4 is 16.9 Å². The molecule has 0 fully saturated rings. The molecule has 3 aromatic rings. The molecular formula is C16H10FNO2. The van der Waals surface area contributed by atoms with Crippen LogP contribution in [0.4, 0.5) is 4.39 Å². The van der Waals surface area contributed by atoms with Crippen LogP contribution in [0.3, 0.4) is 0 Å². The number of hydrogen-bond donors (Lipinski definition) is 0. The number of benzene rings is 2. The predicted molar refractivity (Wildman–Crippen MR) is 73.1 cm³/mol. The van der Waals surface area contributed by atoms with Gasteiger partial charge in [-0.25, -0.2) is 9.18 Å². The average Bonchev–Trinajstić information content (AvgIpc) is 2.48. The first-order valence-corrected chi connectivity index (χ1v) is 6.05. The van der Waals surface area contributed by atoms with Gasteiger partial charge in [-0.05, 0) is 36.4 Å². The quantitative estimate of drug-likeness (QED) is 0.526. The summed E-state index contributed by atoms with van der Waals surface area (Å²) in [6.07, 6.45) is 1.64. The molecule has 0 amide bonds. The number of fused-ring (bicyclic) bond motifs is 1. The topological polar surface area (TPSA) is 39.2 Å². The maximum absolute atomic E-state index is 12.8. The maximum atomic E-state index is 12.8. The summed E-state index contributed by atoms with van der Waals surface area (Å²) in [6.45, 7) is 0. The molecule has 2 aromatic carbocycles. The molecule has 20 heavy (non-hydrogen) atoms. The van der Waals surface area contributed by atoms with Gasteiger partial charge in [0, 0.05) is 11.6 Å². The first-order valence-electron chi connectivity index (χ1n) is 6.05. The summed E-state index contributed by atoms with van der Waals surface area (Å²) in [7, 11) is 0. The largest absolute Gasteiger partial charge is 0.421 e. The van der Waals surface area contributed by atoms with Crippen molar-refractivity contribution in [1.82, 2.24) is 4.98 Å². The smallest absolute Gasteiger partial charge is 0.343 e. The molecule has 3 rings (SSSR count). The van der Waals surface area contributed by atoms with Crippen molar-refractivity contribution in [3.8, 4) is 5.75 Å². The molecule has 1 aromatic heterocycles. The fourth-order valence-electron chi connectivity index (χ4n) is 1.90. The van der Waals surface area contributed by atoms with Gasteiger partial charge in [0.25, 0.3) is 0 Å². The van der Waals surface area contributed by atoms with Crippen molar-refractivity contribution in [3.63, 3.8) is 0 Å². The zero-order chi connectivity index (χ0) is 13.9. The van der Waals surface area contributed by atoms with Gasteiger partial charge in [-0.15, -0.1) is 0 Å². The molecule has 0 N–H and O–H groups in total. The van der Waals surface area contributed by atoms with Crippen LogP contribution in [0, 0.1) is 5.82 Å². The van der Waals surface area contributed by atoms with Crippen LogP contribution in [0.1, 0.15) is 10.4 Å². The van der Waals surface area contributed by atoms with Crippen molar-refractivity contribution in [2.45, 2.75) is 0 Å². The third-order valence-corrected chi connectivity index (χ3v) is 2.88. The van der Waals surface area contributed by atoms with Gasteiger partial charge >= 0.3 is 5.97 Å². The maximum Gasteiger partial charge on any atom is 0.343 e. The van der Waals surface area contributed by atoms with Gasteiger partial charge in [0.15, 0.2) is 5.75 Å². The normalized spacial score (nSPS) is 10.4. The van der Waals surface area contributed by atoms with E-state index in [0.717, 1.165) is 5.39 Å². The molecule has 4 heteroatoms. The molecule has 0 aliphatic heterocycles. The van der Waals surface area contributed by atoms with Crippen LogP contribution in [-0.2, 0) is 0 Å². The number of carbonyl (C=O) groups excluding carboxylic acids is 1. The number of hydrogen-bond acceptors (Lipinski definition) is 3. The van der Waals surface area contributed by atoms with Crippen LogP contribution < -0.4 is 4.74 Å². The van der Waals surface area contributed by atoms with E-state index in [1.807, 2.05) is 18.2 Å². The third-order valence-electron chi connectivity index (χ3n) is 2.88.